The molecule has 0 bridgehead atoms. The van der Waals surface area contributed by atoms with Crippen LogP contribution in [0.15, 0.2) is 4.90 Å². The Morgan fingerprint density at radius 3 is 2.35 bits per heavy atom. The highest BCUT2D eigenvalue weighted by Gasteiger charge is 2.26. The van der Waals surface area contributed by atoms with Crippen molar-refractivity contribution in [3.63, 3.8) is 0 Å². The minimum atomic E-state index is -3.95. The molecule has 0 aliphatic heterocycles. The van der Waals surface area contributed by atoms with E-state index in [0.717, 1.165) is 0 Å². The van der Waals surface area contributed by atoms with Crippen LogP contribution in [0, 0.1) is 13.8 Å². The van der Waals surface area contributed by atoms with E-state index in [1.165, 1.54) is 13.8 Å². The number of sulfonamides is 1. The molecule has 1 aromatic heterocycles. The third-order valence-electron chi connectivity index (χ3n) is 2.65. The predicted molar refractivity (Wildman–Crippen MR) is 71.1 cm³/mol. The van der Waals surface area contributed by atoms with Crippen molar-refractivity contribution in [3.05, 3.63) is 17.0 Å². The van der Waals surface area contributed by atoms with Crippen molar-refractivity contribution in [2.75, 3.05) is 13.1 Å². The second-order valence-electron chi connectivity index (χ2n) is 4.16. The number of aromatic carboxylic acids is 1. The second kappa shape index (κ2) is 6.06. The monoisotopic (exact) mass is 303 g/mol. The van der Waals surface area contributed by atoms with Gasteiger partial charge in [0, 0.05) is 17.8 Å². The number of aromatic amines is 1. The number of rotatable bonds is 6. The van der Waals surface area contributed by atoms with Crippen LogP contribution in [0.4, 0.5) is 0 Å². The van der Waals surface area contributed by atoms with Gasteiger partial charge in [-0.05, 0) is 20.8 Å². The highest BCUT2D eigenvalue weighted by Crippen LogP contribution is 2.22. The fraction of sp³-hybridized carbons (Fsp3) is 0.455. The normalized spacial score (nSPS) is 11.3. The van der Waals surface area contributed by atoms with Gasteiger partial charge in [-0.3, -0.25) is 4.79 Å². The molecule has 0 fully saturated rings. The third kappa shape index (κ3) is 3.36. The quantitative estimate of drug-likeness (QED) is 0.576. The summed E-state index contributed by atoms with van der Waals surface area (Å²) < 4.78 is 26.4. The van der Waals surface area contributed by atoms with E-state index < -0.39 is 28.4 Å². The first-order valence-electron chi connectivity index (χ1n) is 5.89. The van der Waals surface area contributed by atoms with E-state index in [4.69, 9.17) is 5.11 Å². The molecule has 1 heterocycles. The molecule has 8 nitrogen and oxygen atoms in total. The van der Waals surface area contributed by atoms with Crippen molar-refractivity contribution < 1.29 is 23.1 Å². The average molecular weight is 303 g/mol. The number of aromatic nitrogens is 1. The van der Waals surface area contributed by atoms with Crippen LogP contribution in [0.5, 0.6) is 0 Å². The summed E-state index contributed by atoms with van der Waals surface area (Å²) in [6.07, 6.45) is 0. The number of carboxylic acids is 1. The number of carbonyl (C=O) groups excluding carboxylic acids is 1. The summed E-state index contributed by atoms with van der Waals surface area (Å²) in [4.78, 5) is 24.6. The number of carboxylic acid groups (broad SMARTS) is 1. The van der Waals surface area contributed by atoms with E-state index in [-0.39, 0.29) is 21.8 Å². The summed E-state index contributed by atoms with van der Waals surface area (Å²) in [5, 5.41) is 11.4. The van der Waals surface area contributed by atoms with Gasteiger partial charge in [0.1, 0.15) is 10.6 Å². The Morgan fingerprint density at radius 2 is 1.90 bits per heavy atom. The number of hydrogen-bond acceptors (Lipinski definition) is 4. The Hall–Kier alpha value is -1.87. The molecule has 112 valence electrons. The molecule has 9 heteroatoms. The van der Waals surface area contributed by atoms with Gasteiger partial charge in [0.25, 0.3) is 0 Å². The number of aryl methyl sites for hydroxylation is 1. The van der Waals surface area contributed by atoms with Gasteiger partial charge in [-0.2, -0.15) is 0 Å². The molecule has 1 amide bonds. The largest absolute Gasteiger partial charge is 0.477 e. The van der Waals surface area contributed by atoms with Crippen LogP contribution in [-0.2, 0) is 14.8 Å². The van der Waals surface area contributed by atoms with Crippen molar-refractivity contribution in [3.8, 4) is 0 Å². The van der Waals surface area contributed by atoms with Crippen LogP contribution in [0.2, 0.25) is 0 Å². The van der Waals surface area contributed by atoms with Gasteiger partial charge >= 0.3 is 5.97 Å². The lowest BCUT2D eigenvalue weighted by molar-refractivity contribution is -0.119. The van der Waals surface area contributed by atoms with E-state index in [1.807, 2.05) is 0 Å². The Kier molecular flexibility index (Phi) is 4.90. The summed E-state index contributed by atoms with van der Waals surface area (Å²) in [5.74, 6) is -1.70. The molecule has 0 aliphatic carbocycles. The smallest absolute Gasteiger partial charge is 0.352 e. The van der Waals surface area contributed by atoms with E-state index in [2.05, 4.69) is 15.0 Å². The number of nitrogens with one attached hydrogen (secondary N) is 3. The number of likely N-dealkylation sites (N-methyl/N-ethyl adjacent to an activating group) is 1. The molecule has 0 atom stereocenters. The maximum Gasteiger partial charge on any atom is 0.352 e. The topological polar surface area (TPSA) is 128 Å². The Labute approximate surface area is 116 Å². The van der Waals surface area contributed by atoms with Crippen molar-refractivity contribution in [1.82, 2.24) is 15.0 Å². The van der Waals surface area contributed by atoms with Gasteiger partial charge in [0.05, 0.1) is 6.54 Å². The fourth-order valence-corrected chi connectivity index (χ4v) is 3.27. The molecule has 0 spiro atoms. The van der Waals surface area contributed by atoms with Crippen LogP contribution >= 0.6 is 0 Å². The highest BCUT2D eigenvalue weighted by atomic mass is 32.2. The Bertz CT molecular complexity index is 633. The van der Waals surface area contributed by atoms with Crippen molar-refractivity contribution in [2.45, 2.75) is 25.7 Å². The van der Waals surface area contributed by atoms with Crippen LogP contribution in [0.3, 0.4) is 0 Å². The van der Waals surface area contributed by atoms with E-state index >= 15 is 0 Å². The zero-order valence-corrected chi connectivity index (χ0v) is 12.2. The molecule has 0 radical (unpaired) electrons. The number of carbonyl (C=O) groups is 2. The van der Waals surface area contributed by atoms with E-state index in [0.29, 0.717) is 6.54 Å². The van der Waals surface area contributed by atoms with Crippen LogP contribution < -0.4 is 10.0 Å². The Balaban J connectivity index is 3.05. The average Bonchev–Trinajstić information content (AvgIpc) is 2.63. The van der Waals surface area contributed by atoms with Crippen molar-refractivity contribution >= 4 is 21.9 Å². The number of amides is 1. The van der Waals surface area contributed by atoms with Gasteiger partial charge in [0.2, 0.25) is 15.9 Å². The molecule has 0 saturated heterocycles. The molecule has 1 rings (SSSR count). The first-order valence-corrected chi connectivity index (χ1v) is 7.37. The lowest BCUT2D eigenvalue weighted by Gasteiger charge is -2.07. The summed E-state index contributed by atoms with van der Waals surface area (Å²) in [6, 6.07) is 0. The molecular weight excluding hydrogens is 286 g/mol. The van der Waals surface area contributed by atoms with Gasteiger partial charge in [0.15, 0.2) is 0 Å². The summed E-state index contributed by atoms with van der Waals surface area (Å²) in [5.41, 5.74) is 0.141. The Morgan fingerprint density at radius 1 is 1.30 bits per heavy atom. The van der Waals surface area contributed by atoms with Crippen LogP contribution in [0.25, 0.3) is 0 Å². The molecular formula is C11H17N3O5S. The molecule has 0 saturated carbocycles. The van der Waals surface area contributed by atoms with Crippen molar-refractivity contribution in [2.24, 2.45) is 0 Å². The summed E-state index contributed by atoms with van der Waals surface area (Å²) in [6.45, 7) is 4.56. The maximum atomic E-state index is 12.1. The molecule has 4 N–H and O–H groups in total. The maximum absolute atomic E-state index is 12.1. The summed E-state index contributed by atoms with van der Waals surface area (Å²) >= 11 is 0. The van der Waals surface area contributed by atoms with Crippen molar-refractivity contribution in [1.29, 1.82) is 0 Å². The van der Waals surface area contributed by atoms with Gasteiger partial charge in [-0.15, -0.1) is 0 Å². The van der Waals surface area contributed by atoms with E-state index in [1.54, 1.807) is 6.92 Å². The van der Waals surface area contributed by atoms with Gasteiger partial charge in [-0.25, -0.2) is 17.9 Å². The lowest BCUT2D eigenvalue weighted by Crippen LogP contribution is -2.37. The molecule has 0 aliphatic rings. The van der Waals surface area contributed by atoms with Crippen LogP contribution in [-0.4, -0.2) is 43.5 Å². The highest BCUT2D eigenvalue weighted by molar-refractivity contribution is 7.89. The SMILES string of the molecule is CCNC(=O)CNS(=O)(=O)c1c(C)[nH]c(C(=O)O)c1C. The standard InChI is InChI=1S/C11H17N3O5S/c1-4-12-8(15)5-13-20(18,19)10-6(2)9(11(16)17)14-7(10)3/h13-14H,4-5H2,1-3H3,(H,12,15)(H,16,17). The minimum absolute atomic E-state index is 0.110. The zero-order chi connectivity index (χ0) is 15.5. The first kappa shape index (κ1) is 16.2. The second-order valence-corrected chi connectivity index (χ2v) is 5.87. The summed E-state index contributed by atoms with van der Waals surface area (Å²) in [7, 11) is -3.95. The van der Waals surface area contributed by atoms with Gasteiger partial charge < -0.3 is 15.4 Å². The first-order chi connectivity index (χ1) is 9.20. The molecule has 0 unspecified atom stereocenters. The van der Waals surface area contributed by atoms with Gasteiger partial charge in [-0.1, -0.05) is 0 Å². The number of hydrogen-bond donors (Lipinski definition) is 4. The third-order valence-corrected chi connectivity index (χ3v) is 4.32. The fourth-order valence-electron chi connectivity index (χ4n) is 1.84. The number of H-pyrrole nitrogens is 1. The molecule has 20 heavy (non-hydrogen) atoms. The zero-order valence-electron chi connectivity index (χ0n) is 11.4. The molecule has 1 aromatic rings. The van der Waals surface area contributed by atoms with Crippen LogP contribution in [0.1, 0.15) is 28.7 Å². The predicted octanol–water partition coefficient (Wildman–Crippen LogP) is -0.256. The minimum Gasteiger partial charge on any atom is -0.477 e. The molecule has 0 aromatic carbocycles. The lowest BCUT2D eigenvalue weighted by atomic mass is 10.2. The van der Waals surface area contributed by atoms with E-state index in [9.17, 15) is 18.0 Å².